The van der Waals surface area contributed by atoms with Crippen LogP contribution in [0.25, 0.3) is 0 Å². The van der Waals surface area contributed by atoms with Crippen molar-refractivity contribution in [2.75, 3.05) is 32.7 Å². The number of nitrogens with zero attached hydrogens (tertiary/aromatic N) is 1. The van der Waals surface area contributed by atoms with Gasteiger partial charge in [-0.25, -0.2) is 0 Å². The number of nitrogens with one attached hydrogen (secondary N) is 2. The van der Waals surface area contributed by atoms with Crippen LogP contribution in [-0.4, -0.2) is 49.6 Å². The summed E-state index contributed by atoms with van der Waals surface area (Å²) >= 11 is 0. The second kappa shape index (κ2) is 8.54. The van der Waals surface area contributed by atoms with Crippen molar-refractivity contribution >= 4 is 5.91 Å². The van der Waals surface area contributed by atoms with E-state index in [1.165, 1.54) is 12.8 Å². The van der Waals surface area contributed by atoms with Gasteiger partial charge in [0.1, 0.15) is 0 Å². The Bertz CT molecular complexity index is 258. The Morgan fingerprint density at radius 1 is 1.21 bits per heavy atom. The molecule has 19 heavy (non-hydrogen) atoms. The minimum atomic E-state index is 0.174. The van der Waals surface area contributed by atoms with Crippen LogP contribution in [0.2, 0.25) is 0 Å². The van der Waals surface area contributed by atoms with E-state index in [9.17, 15) is 4.79 Å². The molecule has 4 nitrogen and oxygen atoms in total. The Kier molecular flexibility index (Phi) is 7.39. The predicted octanol–water partition coefficient (Wildman–Crippen LogP) is 1.47. The van der Waals surface area contributed by atoms with Crippen molar-refractivity contribution < 1.29 is 4.79 Å². The third kappa shape index (κ3) is 7.53. The molecule has 1 saturated heterocycles. The fourth-order valence-corrected chi connectivity index (χ4v) is 2.33. The lowest BCUT2D eigenvalue weighted by Gasteiger charge is -2.32. The Balaban J connectivity index is 2.14. The van der Waals surface area contributed by atoms with Crippen LogP contribution in [0.15, 0.2) is 0 Å². The number of amides is 1. The molecule has 4 heteroatoms. The number of carbonyl (C=O) groups excluding carboxylic acids is 1. The van der Waals surface area contributed by atoms with E-state index < -0.39 is 0 Å². The van der Waals surface area contributed by atoms with Gasteiger partial charge in [0, 0.05) is 12.6 Å². The Hall–Kier alpha value is -0.610. The predicted molar refractivity (Wildman–Crippen MR) is 80.2 cm³/mol. The molecule has 1 aliphatic heterocycles. The molecule has 0 unspecified atom stereocenters. The molecule has 2 N–H and O–H groups in total. The molecule has 0 aliphatic carbocycles. The highest BCUT2D eigenvalue weighted by molar-refractivity contribution is 5.77. The summed E-state index contributed by atoms with van der Waals surface area (Å²) in [6.07, 6.45) is 2.41. The second-order valence-electron chi connectivity index (χ2n) is 6.48. The smallest absolute Gasteiger partial charge is 0.234 e. The van der Waals surface area contributed by atoms with Crippen LogP contribution in [0, 0.1) is 11.8 Å². The first-order chi connectivity index (χ1) is 8.97. The lowest BCUT2D eigenvalue weighted by Crippen LogP contribution is -2.44. The van der Waals surface area contributed by atoms with Gasteiger partial charge in [0.2, 0.25) is 5.91 Å². The van der Waals surface area contributed by atoms with Crippen molar-refractivity contribution in [2.45, 2.75) is 46.6 Å². The maximum atomic E-state index is 11.7. The van der Waals surface area contributed by atoms with Gasteiger partial charge in [-0.2, -0.15) is 0 Å². The highest BCUT2D eigenvalue weighted by atomic mass is 16.2. The minimum absolute atomic E-state index is 0.174. The number of rotatable bonds is 7. The lowest BCUT2D eigenvalue weighted by molar-refractivity contribution is -0.122. The van der Waals surface area contributed by atoms with E-state index in [0.29, 0.717) is 18.5 Å². The third-order valence-electron chi connectivity index (χ3n) is 3.60. The zero-order valence-corrected chi connectivity index (χ0v) is 13.0. The first-order valence-corrected chi connectivity index (χ1v) is 7.69. The van der Waals surface area contributed by atoms with Gasteiger partial charge in [-0.1, -0.05) is 27.7 Å². The largest absolute Gasteiger partial charge is 0.355 e. The molecule has 0 spiro atoms. The minimum Gasteiger partial charge on any atom is -0.355 e. The standard InChI is InChI=1S/C15H31N3O/c1-12(2)9-17-15(19)11-18-7-5-14(6-8-18)10-16-13(3)4/h12-14,16H,5-11H2,1-4H3,(H,17,19). The summed E-state index contributed by atoms with van der Waals surface area (Å²) < 4.78 is 0. The summed E-state index contributed by atoms with van der Waals surface area (Å²) in [5.74, 6) is 1.47. The van der Waals surface area contributed by atoms with Gasteiger partial charge >= 0.3 is 0 Å². The van der Waals surface area contributed by atoms with E-state index in [1.54, 1.807) is 0 Å². The van der Waals surface area contributed by atoms with Crippen LogP contribution in [0.1, 0.15) is 40.5 Å². The van der Waals surface area contributed by atoms with Gasteiger partial charge in [-0.15, -0.1) is 0 Å². The SMILES string of the molecule is CC(C)CNC(=O)CN1CCC(CNC(C)C)CC1. The lowest BCUT2D eigenvalue weighted by atomic mass is 9.96. The van der Waals surface area contributed by atoms with E-state index in [4.69, 9.17) is 0 Å². The van der Waals surface area contributed by atoms with Gasteiger partial charge in [0.05, 0.1) is 6.54 Å². The highest BCUT2D eigenvalue weighted by Crippen LogP contribution is 2.16. The average molecular weight is 269 g/mol. The van der Waals surface area contributed by atoms with E-state index in [1.807, 2.05) is 0 Å². The fraction of sp³-hybridized carbons (Fsp3) is 0.933. The van der Waals surface area contributed by atoms with Crippen molar-refractivity contribution in [2.24, 2.45) is 11.8 Å². The Morgan fingerprint density at radius 3 is 2.37 bits per heavy atom. The Morgan fingerprint density at radius 2 is 1.84 bits per heavy atom. The molecular weight excluding hydrogens is 238 g/mol. The normalized spacial score (nSPS) is 18.2. The molecule has 1 fully saturated rings. The molecule has 0 aromatic carbocycles. The molecule has 1 rings (SSSR count). The zero-order valence-electron chi connectivity index (χ0n) is 13.0. The maximum absolute atomic E-state index is 11.7. The molecular formula is C15H31N3O. The molecule has 1 heterocycles. The average Bonchev–Trinajstić information content (AvgIpc) is 2.35. The fourth-order valence-electron chi connectivity index (χ4n) is 2.33. The summed E-state index contributed by atoms with van der Waals surface area (Å²) in [5.41, 5.74) is 0. The van der Waals surface area contributed by atoms with Crippen LogP contribution in [0.3, 0.4) is 0 Å². The van der Waals surface area contributed by atoms with E-state index in [0.717, 1.165) is 32.1 Å². The number of hydrogen-bond donors (Lipinski definition) is 2. The van der Waals surface area contributed by atoms with Gasteiger partial charge in [-0.05, 0) is 44.3 Å². The summed E-state index contributed by atoms with van der Waals surface area (Å²) in [5, 5.41) is 6.49. The molecule has 1 amide bonds. The number of piperidine rings is 1. The van der Waals surface area contributed by atoms with Crippen LogP contribution in [0.5, 0.6) is 0 Å². The van der Waals surface area contributed by atoms with Crippen molar-refractivity contribution in [3.05, 3.63) is 0 Å². The topological polar surface area (TPSA) is 44.4 Å². The summed E-state index contributed by atoms with van der Waals surface area (Å²) in [4.78, 5) is 14.0. The molecule has 0 bridgehead atoms. The number of likely N-dealkylation sites (tertiary alicyclic amines) is 1. The molecule has 0 radical (unpaired) electrons. The second-order valence-corrected chi connectivity index (χ2v) is 6.48. The van der Waals surface area contributed by atoms with Crippen LogP contribution < -0.4 is 10.6 Å². The molecule has 0 aromatic rings. The summed E-state index contributed by atoms with van der Waals surface area (Å²) in [6.45, 7) is 13.2. The molecule has 0 aromatic heterocycles. The molecule has 112 valence electrons. The monoisotopic (exact) mass is 269 g/mol. The molecule has 1 aliphatic rings. The van der Waals surface area contributed by atoms with Crippen LogP contribution in [0.4, 0.5) is 0 Å². The van der Waals surface area contributed by atoms with Crippen LogP contribution in [-0.2, 0) is 4.79 Å². The van der Waals surface area contributed by atoms with Crippen molar-refractivity contribution in [3.63, 3.8) is 0 Å². The van der Waals surface area contributed by atoms with E-state index in [-0.39, 0.29) is 5.91 Å². The van der Waals surface area contributed by atoms with Gasteiger partial charge in [0.25, 0.3) is 0 Å². The number of carbonyl (C=O) groups is 1. The van der Waals surface area contributed by atoms with Gasteiger partial charge < -0.3 is 10.6 Å². The highest BCUT2D eigenvalue weighted by Gasteiger charge is 2.20. The number of hydrogen-bond acceptors (Lipinski definition) is 3. The van der Waals surface area contributed by atoms with E-state index >= 15 is 0 Å². The van der Waals surface area contributed by atoms with Crippen molar-refractivity contribution in [3.8, 4) is 0 Å². The van der Waals surface area contributed by atoms with Crippen LogP contribution >= 0.6 is 0 Å². The summed E-state index contributed by atoms with van der Waals surface area (Å²) in [6, 6.07) is 0.569. The first-order valence-electron chi connectivity index (χ1n) is 7.69. The van der Waals surface area contributed by atoms with E-state index in [2.05, 4.69) is 43.2 Å². The summed E-state index contributed by atoms with van der Waals surface area (Å²) in [7, 11) is 0. The third-order valence-corrected chi connectivity index (χ3v) is 3.60. The van der Waals surface area contributed by atoms with Crippen molar-refractivity contribution in [1.29, 1.82) is 0 Å². The Labute approximate surface area is 118 Å². The zero-order chi connectivity index (χ0) is 14.3. The van der Waals surface area contributed by atoms with Crippen molar-refractivity contribution in [1.82, 2.24) is 15.5 Å². The maximum Gasteiger partial charge on any atom is 0.234 e. The quantitative estimate of drug-likeness (QED) is 0.735. The molecule has 0 saturated carbocycles. The van der Waals surface area contributed by atoms with Gasteiger partial charge in [0.15, 0.2) is 0 Å². The van der Waals surface area contributed by atoms with Gasteiger partial charge in [-0.3, -0.25) is 9.69 Å². The molecule has 0 atom stereocenters. The first kappa shape index (κ1) is 16.4.